The van der Waals surface area contributed by atoms with Crippen molar-refractivity contribution in [3.63, 3.8) is 0 Å². The number of rotatable bonds is 7. The minimum atomic E-state index is -0.910. The molecule has 0 spiro atoms. The summed E-state index contributed by atoms with van der Waals surface area (Å²) in [6, 6.07) is 15.3. The third kappa shape index (κ3) is 4.32. The zero-order valence-electron chi connectivity index (χ0n) is 18.4. The summed E-state index contributed by atoms with van der Waals surface area (Å²) in [5, 5.41) is 12.0. The second-order valence-electron chi connectivity index (χ2n) is 9.21. The predicted molar refractivity (Wildman–Crippen MR) is 122 cm³/mol. The molecule has 172 valence electrons. The van der Waals surface area contributed by atoms with Gasteiger partial charge in [-0.3, -0.25) is 9.59 Å². The number of carbonyl (C=O) groups excluding carboxylic acids is 2. The molecule has 33 heavy (non-hydrogen) atoms. The number of carboxylic acids is 1. The number of aliphatic carboxylic acids is 1. The van der Waals surface area contributed by atoms with Crippen molar-refractivity contribution in [3.05, 3.63) is 59.7 Å². The Labute approximate surface area is 192 Å². The van der Waals surface area contributed by atoms with E-state index in [1.807, 2.05) is 24.3 Å². The lowest BCUT2D eigenvalue weighted by atomic mass is 9.98. The van der Waals surface area contributed by atoms with Gasteiger partial charge in [0.1, 0.15) is 12.6 Å². The summed E-state index contributed by atoms with van der Waals surface area (Å²) < 4.78 is 5.64. The third-order valence-corrected chi connectivity index (χ3v) is 7.05. The maximum absolute atomic E-state index is 13.2. The number of ether oxygens (including phenoxy) is 1. The first-order chi connectivity index (χ1) is 16.0. The number of amides is 2. The number of hydrogen-bond acceptors (Lipinski definition) is 4. The summed E-state index contributed by atoms with van der Waals surface area (Å²) in [5.74, 6) is -1.05. The van der Waals surface area contributed by atoms with Crippen molar-refractivity contribution < 1.29 is 24.2 Å². The van der Waals surface area contributed by atoms with Crippen molar-refractivity contribution in [1.82, 2.24) is 10.2 Å². The van der Waals surface area contributed by atoms with Crippen molar-refractivity contribution in [2.45, 2.75) is 50.1 Å². The van der Waals surface area contributed by atoms with Crippen molar-refractivity contribution in [2.24, 2.45) is 5.92 Å². The van der Waals surface area contributed by atoms with Gasteiger partial charge in [0.25, 0.3) is 0 Å². The van der Waals surface area contributed by atoms with Crippen LogP contribution in [0.1, 0.15) is 49.1 Å². The average Bonchev–Trinajstić information content (AvgIpc) is 3.47. The average molecular weight is 449 g/mol. The number of nitrogens with zero attached hydrogens (tertiary/aromatic N) is 1. The molecule has 1 saturated heterocycles. The van der Waals surface area contributed by atoms with Crippen LogP contribution in [0.4, 0.5) is 4.79 Å². The second kappa shape index (κ2) is 8.89. The molecule has 1 unspecified atom stereocenters. The minimum Gasteiger partial charge on any atom is -0.481 e. The second-order valence-corrected chi connectivity index (χ2v) is 9.21. The summed E-state index contributed by atoms with van der Waals surface area (Å²) in [6.07, 6.45) is 2.55. The van der Waals surface area contributed by atoms with Crippen LogP contribution in [0.15, 0.2) is 48.5 Å². The summed E-state index contributed by atoms with van der Waals surface area (Å²) >= 11 is 0. The van der Waals surface area contributed by atoms with E-state index in [1.165, 1.54) is 0 Å². The standard InChI is InChI=1S/C26H28N2O5/c29-23(30)14-17-6-5-13-28(17)25(31)24(16-11-12-16)27-26(32)33-15-22-20-9-3-1-7-18(20)19-8-2-4-10-21(19)22/h1-4,7-10,16-17,22,24H,5-6,11-15H2,(H,27,32)(H,29,30)/t17-,24?/m1/s1. The van der Waals surface area contributed by atoms with Gasteiger partial charge in [-0.15, -0.1) is 0 Å². The Kier molecular flexibility index (Phi) is 5.79. The first-order valence-corrected chi connectivity index (χ1v) is 11.7. The van der Waals surface area contributed by atoms with Crippen LogP contribution in [0.2, 0.25) is 0 Å². The lowest BCUT2D eigenvalue weighted by Gasteiger charge is -2.28. The molecule has 2 atom stereocenters. The highest BCUT2D eigenvalue weighted by Crippen LogP contribution is 2.44. The molecule has 2 N–H and O–H groups in total. The van der Waals surface area contributed by atoms with Crippen LogP contribution >= 0.6 is 0 Å². The van der Waals surface area contributed by atoms with Gasteiger partial charge in [0, 0.05) is 18.5 Å². The fraction of sp³-hybridized carbons (Fsp3) is 0.423. The van der Waals surface area contributed by atoms with Crippen molar-refractivity contribution in [3.8, 4) is 11.1 Å². The van der Waals surface area contributed by atoms with E-state index in [0.29, 0.717) is 13.0 Å². The molecule has 2 aliphatic carbocycles. The van der Waals surface area contributed by atoms with Gasteiger partial charge in [-0.1, -0.05) is 48.5 Å². The van der Waals surface area contributed by atoms with Crippen LogP contribution in [0.5, 0.6) is 0 Å². The van der Waals surface area contributed by atoms with E-state index < -0.39 is 18.1 Å². The molecular formula is C26H28N2O5. The van der Waals surface area contributed by atoms with E-state index in [1.54, 1.807) is 4.90 Å². The monoisotopic (exact) mass is 448 g/mol. The zero-order valence-corrected chi connectivity index (χ0v) is 18.4. The molecule has 2 aromatic rings. The van der Waals surface area contributed by atoms with E-state index in [2.05, 4.69) is 29.6 Å². The molecule has 3 aliphatic rings. The minimum absolute atomic E-state index is 0.0447. The number of hydrogen-bond donors (Lipinski definition) is 2. The van der Waals surface area contributed by atoms with Gasteiger partial charge in [0.05, 0.1) is 6.42 Å². The lowest BCUT2D eigenvalue weighted by molar-refractivity contribution is -0.140. The van der Waals surface area contributed by atoms with Crippen LogP contribution in [0, 0.1) is 5.92 Å². The van der Waals surface area contributed by atoms with Gasteiger partial charge in [-0.05, 0) is 53.9 Å². The van der Waals surface area contributed by atoms with Crippen molar-refractivity contribution >= 4 is 18.0 Å². The number of benzene rings is 2. The Hall–Kier alpha value is -3.35. The van der Waals surface area contributed by atoms with E-state index >= 15 is 0 Å². The van der Waals surface area contributed by atoms with Crippen LogP contribution in [-0.2, 0) is 14.3 Å². The quantitative estimate of drug-likeness (QED) is 0.672. The topological polar surface area (TPSA) is 95.9 Å². The molecule has 1 heterocycles. The highest BCUT2D eigenvalue weighted by atomic mass is 16.5. The zero-order chi connectivity index (χ0) is 22.9. The van der Waals surface area contributed by atoms with Gasteiger partial charge in [-0.2, -0.15) is 0 Å². The first kappa shape index (κ1) is 21.5. The maximum atomic E-state index is 13.2. The Morgan fingerprint density at radius 3 is 2.24 bits per heavy atom. The van der Waals surface area contributed by atoms with Gasteiger partial charge >= 0.3 is 12.1 Å². The Morgan fingerprint density at radius 1 is 1.00 bits per heavy atom. The van der Waals surface area contributed by atoms with Crippen molar-refractivity contribution in [1.29, 1.82) is 0 Å². The normalized spacial score (nSPS) is 20.1. The fourth-order valence-electron chi connectivity index (χ4n) is 5.30. The molecule has 1 saturated carbocycles. The molecular weight excluding hydrogens is 420 g/mol. The van der Waals surface area contributed by atoms with E-state index in [9.17, 15) is 14.4 Å². The summed E-state index contributed by atoms with van der Waals surface area (Å²) in [4.78, 5) is 38.8. The number of likely N-dealkylation sites (tertiary alicyclic amines) is 1. The molecule has 2 amide bonds. The summed E-state index contributed by atoms with van der Waals surface area (Å²) in [7, 11) is 0. The predicted octanol–water partition coefficient (Wildman–Crippen LogP) is 3.77. The highest BCUT2D eigenvalue weighted by Gasteiger charge is 2.43. The Bertz CT molecular complexity index is 1030. The first-order valence-electron chi connectivity index (χ1n) is 11.7. The van der Waals surface area contributed by atoms with Gasteiger partial charge in [-0.25, -0.2) is 4.79 Å². The molecule has 0 aromatic heterocycles. The van der Waals surface area contributed by atoms with Gasteiger partial charge in [0.15, 0.2) is 0 Å². The SMILES string of the molecule is O=C(O)C[C@H]1CCCN1C(=O)C(NC(=O)OCC1c2ccccc2-c2ccccc21)C1CC1. The number of nitrogens with one attached hydrogen (secondary N) is 1. The van der Waals surface area contributed by atoms with Crippen LogP contribution in [0.25, 0.3) is 11.1 Å². The maximum Gasteiger partial charge on any atom is 0.407 e. The molecule has 7 nitrogen and oxygen atoms in total. The molecule has 2 fully saturated rings. The smallest absolute Gasteiger partial charge is 0.407 e. The fourth-order valence-corrected chi connectivity index (χ4v) is 5.30. The van der Waals surface area contributed by atoms with Gasteiger partial charge < -0.3 is 20.1 Å². The lowest BCUT2D eigenvalue weighted by Crippen LogP contribution is -2.51. The van der Waals surface area contributed by atoms with E-state index in [4.69, 9.17) is 9.84 Å². The highest BCUT2D eigenvalue weighted by molar-refractivity contribution is 5.87. The number of carboxylic acid groups (broad SMARTS) is 1. The van der Waals surface area contributed by atoms with Crippen LogP contribution < -0.4 is 5.32 Å². The van der Waals surface area contributed by atoms with Gasteiger partial charge in [0.2, 0.25) is 5.91 Å². The molecule has 1 aliphatic heterocycles. The molecule has 0 bridgehead atoms. The third-order valence-electron chi connectivity index (χ3n) is 7.05. The molecule has 7 heteroatoms. The van der Waals surface area contributed by atoms with E-state index in [0.717, 1.165) is 41.5 Å². The van der Waals surface area contributed by atoms with Crippen molar-refractivity contribution in [2.75, 3.05) is 13.2 Å². The molecule has 2 aromatic carbocycles. The molecule has 5 rings (SSSR count). The number of fused-ring (bicyclic) bond motifs is 3. The largest absolute Gasteiger partial charge is 0.481 e. The van der Waals surface area contributed by atoms with E-state index in [-0.39, 0.29) is 36.8 Å². The Balaban J connectivity index is 1.25. The Morgan fingerprint density at radius 2 is 1.64 bits per heavy atom. The summed E-state index contributed by atoms with van der Waals surface area (Å²) in [5.41, 5.74) is 4.59. The number of alkyl carbamates (subject to hydrolysis) is 1. The van der Waals surface area contributed by atoms with Crippen LogP contribution in [-0.4, -0.2) is 53.2 Å². The van der Waals surface area contributed by atoms with Crippen LogP contribution in [0.3, 0.4) is 0 Å². The number of carbonyl (C=O) groups is 3. The molecule has 0 radical (unpaired) electrons. The summed E-state index contributed by atoms with van der Waals surface area (Å²) in [6.45, 7) is 0.725.